The summed E-state index contributed by atoms with van der Waals surface area (Å²) in [5, 5.41) is 13.8. The van der Waals surface area contributed by atoms with Crippen LogP contribution in [0.15, 0.2) is 96.6 Å². The number of methoxy groups -OCH3 is 1. The van der Waals surface area contributed by atoms with Gasteiger partial charge in [-0.1, -0.05) is 53.4 Å². The fourth-order valence-electron chi connectivity index (χ4n) is 5.99. The number of aryl methyl sites for hydroxylation is 1. The van der Waals surface area contributed by atoms with Crippen LogP contribution in [0.5, 0.6) is 5.75 Å². The van der Waals surface area contributed by atoms with Crippen LogP contribution in [0.3, 0.4) is 0 Å². The maximum atomic E-state index is 14.6. The summed E-state index contributed by atoms with van der Waals surface area (Å²) in [6.07, 6.45) is 1.58. The number of nitro groups is 1. The molecule has 3 heterocycles. The summed E-state index contributed by atoms with van der Waals surface area (Å²) in [4.78, 5) is 66.7. The number of ether oxygens (including phenoxy) is 1. The lowest BCUT2D eigenvalue weighted by atomic mass is 9.90. The van der Waals surface area contributed by atoms with Crippen LogP contribution in [0.4, 0.5) is 5.69 Å². The van der Waals surface area contributed by atoms with Crippen LogP contribution >= 0.6 is 23.1 Å². The fourth-order valence-corrected chi connectivity index (χ4v) is 7.94. The summed E-state index contributed by atoms with van der Waals surface area (Å²) in [7, 11) is 1.55. The number of nitrogens with one attached hydrogen (secondary N) is 1. The van der Waals surface area contributed by atoms with Crippen molar-refractivity contribution in [2.75, 3.05) is 20.2 Å². The third-order valence-electron chi connectivity index (χ3n) is 8.27. The van der Waals surface area contributed by atoms with E-state index < -0.39 is 16.5 Å². The Labute approximate surface area is 288 Å². The Bertz CT molecular complexity index is 2430. The lowest BCUT2D eigenvalue weighted by Gasteiger charge is -2.30. The second-order valence-corrected chi connectivity index (χ2v) is 13.3. The van der Waals surface area contributed by atoms with Gasteiger partial charge in [0.25, 0.3) is 22.7 Å². The van der Waals surface area contributed by atoms with Crippen molar-refractivity contribution in [3.63, 3.8) is 0 Å². The van der Waals surface area contributed by atoms with E-state index in [4.69, 9.17) is 9.73 Å². The molecular weight excluding hydrogens is 665 g/mol. The number of non-ortho nitro benzene ring substituents is 1. The second kappa shape index (κ2) is 13.6. The maximum absolute atomic E-state index is 14.6. The number of carbonyl (C=O) groups is 1. The molecule has 1 N–H and O–H groups in total. The van der Waals surface area contributed by atoms with Crippen molar-refractivity contribution in [3.05, 3.63) is 129 Å². The number of amides is 1. The highest BCUT2D eigenvalue weighted by Crippen LogP contribution is 2.40. The minimum absolute atomic E-state index is 0.171. The first kappa shape index (κ1) is 33.6. The quantitative estimate of drug-likeness (QED) is 0.132. The summed E-state index contributed by atoms with van der Waals surface area (Å²) >= 11 is 2.24. The summed E-state index contributed by atoms with van der Waals surface area (Å²) in [5.74, 6) is 0.271. The number of H-pyrrole nitrogens is 1. The first-order chi connectivity index (χ1) is 23.5. The molecular formula is C35H32N6O6S2. The van der Waals surface area contributed by atoms with Gasteiger partial charge in [0.1, 0.15) is 11.8 Å². The number of nitro benzene ring substituents is 1. The van der Waals surface area contributed by atoms with Gasteiger partial charge < -0.3 is 14.6 Å². The minimum atomic E-state index is -0.881. The molecule has 0 spiro atoms. The van der Waals surface area contributed by atoms with E-state index in [2.05, 4.69) is 9.97 Å². The van der Waals surface area contributed by atoms with Crippen LogP contribution in [-0.2, 0) is 4.79 Å². The molecule has 5 aromatic rings. The number of benzene rings is 3. The van der Waals surface area contributed by atoms with Gasteiger partial charge >= 0.3 is 0 Å². The fraction of sp³-hybridized carbons (Fsp3) is 0.229. The third-order valence-corrected chi connectivity index (χ3v) is 10.2. The van der Waals surface area contributed by atoms with Gasteiger partial charge in [0.2, 0.25) is 0 Å². The molecule has 12 nitrogen and oxygen atoms in total. The van der Waals surface area contributed by atoms with Crippen LogP contribution in [0.1, 0.15) is 43.6 Å². The first-order valence-electron chi connectivity index (χ1n) is 15.5. The van der Waals surface area contributed by atoms with Crippen molar-refractivity contribution in [2.24, 2.45) is 4.99 Å². The van der Waals surface area contributed by atoms with Gasteiger partial charge in [-0.05, 0) is 62.2 Å². The van der Waals surface area contributed by atoms with Gasteiger partial charge in [-0.25, -0.2) is 9.98 Å². The van der Waals surface area contributed by atoms with Gasteiger partial charge in [-0.2, -0.15) is 0 Å². The summed E-state index contributed by atoms with van der Waals surface area (Å²) in [5.41, 5.74) is 1.45. The monoisotopic (exact) mass is 696 g/mol. The molecule has 0 radical (unpaired) electrons. The van der Waals surface area contributed by atoms with E-state index in [1.54, 1.807) is 38.0 Å². The highest BCUT2D eigenvalue weighted by molar-refractivity contribution is 7.99. The molecule has 1 amide bonds. The van der Waals surface area contributed by atoms with Crippen molar-refractivity contribution in [2.45, 2.75) is 43.8 Å². The Hall–Kier alpha value is -5.34. The number of hydrogen-bond acceptors (Lipinski definition) is 10. The van der Waals surface area contributed by atoms with E-state index in [9.17, 15) is 24.5 Å². The molecule has 3 aromatic carbocycles. The Morgan fingerprint density at radius 1 is 1.12 bits per heavy atom. The number of rotatable bonds is 9. The molecule has 0 aliphatic carbocycles. The van der Waals surface area contributed by atoms with Gasteiger partial charge in [-0.15, -0.1) is 0 Å². The number of carbonyl (C=O) groups excluding carboxylic acids is 1. The first-order valence-corrected chi connectivity index (χ1v) is 17.1. The summed E-state index contributed by atoms with van der Waals surface area (Å²) in [6, 6.07) is 16.3. The van der Waals surface area contributed by atoms with E-state index in [0.29, 0.717) is 61.8 Å². The van der Waals surface area contributed by atoms with Crippen LogP contribution in [0, 0.1) is 17.0 Å². The summed E-state index contributed by atoms with van der Waals surface area (Å²) in [6.45, 7) is 8.18. The van der Waals surface area contributed by atoms with Crippen molar-refractivity contribution in [1.82, 2.24) is 19.4 Å². The standard InChI is InChI=1S/C35H32N6O6S2/c1-6-39(7-2)33(44)29-20(4)37-35-40(31(29)30-24-11-9-8-10-21(24)12-14-25(30)47-5)32(43)27(49-35)18-22-17-23(41(45)46)13-15-26(22)48-34-36-19(3)16-28(42)38-34/h8-18,31H,6-7H2,1-5H3,(H,36,38,42)/b27-18-/t31-/m1/s1. The molecule has 1 atom stereocenters. The molecule has 250 valence electrons. The van der Waals surface area contributed by atoms with E-state index in [1.165, 1.54) is 22.8 Å². The van der Waals surface area contributed by atoms with Gasteiger partial charge in [-0.3, -0.25) is 29.1 Å². The van der Waals surface area contributed by atoms with Crippen molar-refractivity contribution in [1.29, 1.82) is 0 Å². The molecule has 0 unspecified atom stereocenters. The normalized spacial score (nSPS) is 14.5. The number of aromatic amines is 1. The van der Waals surface area contributed by atoms with Crippen LogP contribution in [0.25, 0.3) is 16.8 Å². The van der Waals surface area contributed by atoms with Crippen LogP contribution in [0.2, 0.25) is 0 Å². The van der Waals surface area contributed by atoms with Crippen LogP contribution < -0.4 is 25.2 Å². The number of hydrogen-bond donors (Lipinski definition) is 1. The average Bonchev–Trinajstić information content (AvgIpc) is 3.37. The Balaban J connectivity index is 1.62. The zero-order valence-electron chi connectivity index (χ0n) is 27.3. The third kappa shape index (κ3) is 6.32. The number of nitrogens with zero attached hydrogens (tertiary/aromatic N) is 5. The molecule has 1 aliphatic rings. The Kier molecular flexibility index (Phi) is 9.35. The Morgan fingerprint density at radius 2 is 1.88 bits per heavy atom. The van der Waals surface area contributed by atoms with E-state index in [1.807, 2.05) is 50.2 Å². The SMILES string of the molecule is CCN(CC)C(=O)C1=C(C)N=c2s/c(=C\c3cc([N+](=O)[O-])ccc3Sc3nc(C)cc(=O)[nH]3)c(=O)n2[C@H]1c1c(OC)ccc2ccccc12. The molecule has 6 rings (SSSR count). The predicted molar refractivity (Wildman–Crippen MR) is 189 cm³/mol. The van der Waals surface area contributed by atoms with Crippen molar-refractivity contribution >= 4 is 51.5 Å². The topological polar surface area (TPSA) is 153 Å². The smallest absolute Gasteiger partial charge is 0.271 e. The molecule has 14 heteroatoms. The number of fused-ring (bicyclic) bond motifs is 2. The number of thiazole rings is 1. The highest BCUT2D eigenvalue weighted by atomic mass is 32.2. The molecule has 0 bridgehead atoms. The largest absolute Gasteiger partial charge is 0.496 e. The lowest BCUT2D eigenvalue weighted by molar-refractivity contribution is -0.384. The Morgan fingerprint density at radius 3 is 2.57 bits per heavy atom. The van der Waals surface area contributed by atoms with Gasteiger partial charge in [0.05, 0.1) is 27.8 Å². The second-order valence-electron chi connectivity index (χ2n) is 11.2. The van der Waals surface area contributed by atoms with Crippen molar-refractivity contribution < 1.29 is 14.5 Å². The van der Waals surface area contributed by atoms with Crippen LogP contribution in [-0.4, -0.2) is 50.5 Å². The molecule has 2 aromatic heterocycles. The lowest BCUT2D eigenvalue weighted by Crippen LogP contribution is -2.43. The maximum Gasteiger partial charge on any atom is 0.271 e. The molecule has 1 aliphatic heterocycles. The molecule has 0 saturated carbocycles. The van der Waals surface area contributed by atoms with Gasteiger partial charge in [0, 0.05) is 47.4 Å². The minimum Gasteiger partial charge on any atom is -0.496 e. The molecule has 0 saturated heterocycles. The highest BCUT2D eigenvalue weighted by Gasteiger charge is 2.36. The average molecular weight is 697 g/mol. The number of aromatic nitrogens is 3. The number of likely N-dealkylation sites (N-methyl/N-ethyl adjacent to an activating group) is 1. The number of allylic oxidation sites excluding steroid dienone is 1. The summed E-state index contributed by atoms with van der Waals surface area (Å²) < 4.78 is 7.64. The predicted octanol–water partition coefficient (Wildman–Crippen LogP) is 4.72. The van der Waals surface area contributed by atoms with Gasteiger partial charge in [0.15, 0.2) is 9.96 Å². The molecule has 0 fully saturated rings. The van der Waals surface area contributed by atoms with E-state index in [-0.39, 0.29) is 21.7 Å². The zero-order chi connectivity index (χ0) is 35.0. The van der Waals surface area contributed by atoms with E-state index >= 15 is 0 Å². The van der Waals surface area contributed by atoms with Crippen molar-refractivity contribution in [3.8, 4) is 5.75 Å². The van der Waals surface area contributed by atoms with E-state index in [0.717, 1.165) is 33.9 Å². The molecule has 49 heavy (non-hydrogen) atoms. The zero-order valence-corrected chi connectivity index (χ0v) is 29.0.